The summed E-state index contributed by atoms with van der Waals surface area (Å²) in [6, 6.07) is 1.56. The monoisotopic (exact) mass is 868 g/mol. The van der Waals surface area contributed by atoms with E-state index in [-0.39, 0.29) is 36.4 Å². The number of carbonyl (C=O) groups excluding carboxylic acids is 4. The average Bonchev–Trinajstić information content (AvgIpc) is 4.00. The van der Waals surface area contributed by atoms with Crippen LogP contribution in [0.15, 0.2) is 18.2 Å². The highest BCUT2D eigenvalue weighted by Crippen LogP contribution is 2.46. The molecule has 15 nitrogen and oxygen atoms in total. The molecular weight excluding hydrogens is 810 g/mol. The molecule has 19 heteroatoms. The van der Waals surface area contributed by atoms with E-state index >= 15 is 0 Å². The van der Waals surface area contributed by atoms with Gasteiger partial charge in [-0.15, -0.1) is 0 Å². The molecule has 0 bridgehead atoms. The number of hydrogen-bond acceptors (Lipinski definition) is 11. The van der Waals surface area contributed by atoms with Crippen molar-refractivity contribution in [2.45, 2.75) is 154 Å². The molecule has 1 saturated heterocycles. The Labute approximate surface area is 349 Å². The Hall–Kier alpha value is -4.42. The Bertz CT molecular complexity index is 2060. The van der Waals surface area contributed by atoms with Crippen molar-refractivity contribution < 1.29 is 55.0 Å². The molecule has 2 aromatic rings. The number of rotatable bonds is 17. The molecule has 3 aliphatic rings. The molecule has 7 unspecified atom stereocenters. The first-order valence-electron chi connectivity index (χ1n) is 20.7. The number of ether oxygens (including phenoxy) is 3. The predicted molar refractivity (Wildman–Crippen MR) is 215 cm³/mol. The largest absolute Gasteiger partial charge is 0.494 e. The summed E-state index contributed by atoms with van der Waals surface area (Å²) in [4.78, 5) is 65.4. The van der Waals surface area contributed by atoms with Gasteiger partial charge < -0.3 is 29.7 Å². The van der Waals surface area contributed by atoms with E-state index in [4.69, 9.17) is 14.2 Å². The SMILES string of the molecule is CCCC(C)CC(CC)C(NC(=O)OC(C)(C)C)C(=O)N1CC(Oc2nc3cc(OCC)ccc3nc2C(F)(F)F)CC1C(=O)NC1(C(=O)NS(=O)(=O)C2(C)CC2)CC1C. The van der Waals surface area contributed by atoms with Crippen LogP contribution in [0.2, 0.25) is 0 Å². The van der Waals surface area contributed by atoms with E-state index in [1.165, 1.54) is 25.1 Å². The Morgan fingerprint density at radius 2 is 1.72 bits per heavy atom. The van der Waals surface area contributed by atoms with Crippen LogP contribution in [-0.4, -0.2) is 94.3 Å². The van der Waals surface area contributed by atoms with Crippen LogP contribution in [0.4, 0.5) is 18.0 Å². The first-order valence-corrected chi connectivity index (χ1v) is 22.2. The van der Waals surface area contributed by atoms with Gasteiger partial charge in [-0.05, 0) is 90.2 Å². The molecule has 3 N–H and O–H groups in total. The van der Waals surface area contributed by atoms with Crippen LogP contribution in [0.5, 0.6) is 11.6 Å². The van der Waals surface area contributed by atoms with Gasteiger partial charge in [0.25, 0.3) is 5.91 Å². The third kappa shape index (κ3) is 10.5. The van der Waals surface area contributed by atoms with Crippen LogP contribution in [0.3, 0.4) is 0 Å². The van der Waals surface area contributed by atoms with Gasteiger partial charge in [0.05, 0.1) is 28.9 Å². The van der Waals surface area contributed by atoms with Crippen LogP contribution >= 0.6 is 0 Å². The Balaban J connectivity index is 1.53. The number of nitrogens with one attached hydrogen (secondary N) is 3. The number of benzene rings is 1. The van der Waals surface area contributed by atoms with E-state index in [1.54, 1.807) is 34.6 Å². The number of aromatic nitrogens is 2. The van der Waals surface area contributed by atoms with Crippen molar-refractivity contribution in [1.82, 2.24) is 30.2 Å². The van der Waals surface area contributed by atoms with Gasteiger partial charge in [-0.25, -0.2) is 23.2 Å². The highest BCUT2D eigenvalue weighted by molar-refractivity contribution is 7.91. The lowest BCUT2D eigenvalue weighted by Gasteiger charge is -2.34. The maximum atomic E-state index is 14.9. The zero-order valence-corrected chi connectivity index (χ0v) is 36.6. The van der Waals surface area contributed by atoms with Crippen molar-refractivity contribution in [3.8, 4) is 11.6 Å². The number of sulfonamides is 1. The first-order chi connectivity index (χ1) is 27.9. The maximum absolute atomic E-state index is 14.9. The second-order valence-corrected chi connectivity index (χ2v) is 20.0. The summed E-state index contributed by atoms with van der Waals surface area (Å²) in [7, 11) is -4.08. The standard InChI is InChI=1S/C41H59F3N6O9S/c1-10-13-23(4)18-25(11-2)31(47-37(54)59-38(6,7)8)35(52)50-22-27(58-34-32(41(42,43)44)45-28-15-14-26(57-12-3)19-29(28)46-34)20-30(50)33(51)48-40(21-24(40)5)36(53)49-60(55,56)39(9)16-17-39/h14-15,19,23-25,27,30-31H,10-13,16-18,20-22H2,1-9H3,(H,47,54)(H,48,51)(H,49,53). The topological polar surface area (TPSA) is 195 Å². The fourth-order valence-corrected chi connectivity index (χ4v) is 9.10. The predicted octanol–water partition coefficient (Wildman–Crippen LogP) is 6.03. The van der Waals surface area contributed by atoms with Crippen LogP contribution in [-0.2, 0) is 35.3 Å². The summed E-state index contributed by atoms with van der Waals surface area (Å²) in [6.45, 7) is 15.7. The van der Waals surface area contributed by atoms with Crippen molar-refractivity contribution >= 4 is 44.9 Å². The Morgan fingerprint density at radius 1 is 1.05 bits per heavy atom. The van der Waals surface area contributed by atoms with Crippen molar-refractivity contribution in [1.29, 1.82) is 0 Å². The number of nitrogens with zero attached hydrogens (tertiary/aromatic N) is 3. The number of halogens is 3. The number of alkyl halides is 3. The van der Waals surface area contributed by atoms with E-state index in [0.717, 1.165) is 17.7 Å². The molecule has 334 valence electrons. The lowest BCUT2D eigenvalue weighted by molar-refractivity contribution is -0.143. The van der Waals surface area contributed by atoms with Crippen molar-refractivity contribution in [3.63, 3.8) is 0 Å². The number of likely N-dealkylation sites (tertiary alicyclic amines) is 1. The van der Waals surface area contributed by atoms with Gasteiger partial charge in [0.1, 0.15) is 35.1 Å². The average molecular weight is 869 g/mol. The fraction of sp³-hybridized carbons (Fsp3) is 0.707. The minimum absolute atomic E-state index is 0.0449. The summed E-state index contributed by atoms with van der Waals surface area (Å²) >= 11 is 0. The summed E-state index contributed by atoms with van der Waals surface area (Å²) < 4.78 is 87.7. The lowest BCUT2D eigenvalue weighted by atomic mass is 9.85. The van der Waals surface area contributed by atoms with Crippen LogP contribution in [0, 0.1) is 17.8 Å². The molecule has 2 saturated carbocycles. The van der Waals surface area contributed by atoms with Gasteiger partial charge in [-0.2, -0.15) is 13.2 Å². The summed E-state index contributed by atoms with van der Waals surface area (Å²) in [6.07, 6.45) is -4.00. The summed E-state index contributed by atoms with van der Waals surface area (Å²) in [5.74, 6) is -3.82. The fourth-order valence-electron chi connectivity index (χ4n) is 7.79. The van der Waals surface area contributed by atoms with E-state index in [0.29, 0.717) is 31.4 Å². The van der Waals surface area contributed by atoms with E-state index in [1.807, 2.05) is 20.8 Å². The minimum Gasteiger partial charge on any atom is -0.494 e. The molecule has 0 spiro atoms. The summed E-state index contributed by atoms with van der Waals surface area (Å²) in [5, 5.41) is 5.44. The highest BCUT2D eigenvalue weighted by Gasteiger charge is 2.62. The molecule has 2 aliphatic carbocycles. The van der Waals surface area contributed by atoms with Crippen molar-refractivity contribution in [2.24, 2.45) is 17.8 Å². The molecule has 3 fully saturated rings. The second kappa shape index (κ2) is 17.5. The molecule has 5 rings (SSSR count). The second-order valence-electron chi connectivity index (χ2n) is 17.8. The zero-order chi connectivity index (χ0) is 44.6. The molecule has 1 aromatic carbocycles. The number of hydrogen-bond donors (Lipinski definition) is 3. The van der Waals surface area contributed by atoms with E-state index in [9.17, 15) is 40.8 Å². The van der Waals surface area contributed by atoms with Gasteiger partial charge >= 0.3 is 12.3 Å². The van der Waals surface area contributed by atoms with Gasteiger partial charge in [0.2, 0.25) is 33.4 Å². The normalized spacial score (nSPS) is 23.9. The van der Waals surface area contributed by atoms with Crippen molar-refractivity contribution in [3.05, 3.63) is 23.9 Å². The minimum atomic E-state index is -5.01. The van der Waals surface area contributed by atoms with Gasteiger partial charge in [-0.1, -0.05) is 47.0 Å². The lowest BCUT2D eigenvalue weighted by Crippen LogP contribution is -2.59. The maximum Gasteiger partial charge on any atom is 0.438 e. The Morgan fingerprint density at radius 3 is 2.27 bits per heavy atom. The molecule has 4 amide bonds. The molecule has 1 aliphatic heterocycles. The summed E-state index contributed by atoms with van der Waals surface area (Å²) in [5.41, 5.74) is -4.01. The van der Waals surface area contributed by atoms with E-state index in [2.05, 4.69) is 25.3 Å². The van der Waals surface area contributed by atoms with Gasteiger partial charge in [0, 0.05) is 12.5 Å². The molecule has 7 atom stereocenters. The molecule has 0 radical (unpaired) electrons. The third-order valence-electron chi connectivity index (χ3n) is 11.6. The zero-order valence-electron chi connectivity index (χ0n) is 35.8. The number of carbonyl (C=O) groups is 4. The van der Waals surface area contributed by atoms with Gasteiger partial charge in [0.15, 0.2) is 0 Å². The first kappa shape index (κ1) is 46.6. The number of alkyl carbamates (subject to hydrolysis) is 1. The molecule has 60 heavy (non-hydrogen) atoms. The number of amides is 4. The van der Waals surface area contributed by atoms with Gasteiger partial charge in [-0.3, -0.25) is 19.1 Å². The molecular formula is C41H59F3N6O9S. The van der Waals surface area contributed by atoms with E-state index < -0.39 is 104 Å². The van der Waals surface area contributed by atoms with Crippen LogP contribution in [0.1, 0.15) is 119 Å². The van der Waals surface area contributed by atoms with Crippen LogP contribution in [0.25, 0.3) is 11.0 Å². The molecule has 2 heterocycles. The van der Waals surface area contributed by atoms with Crippen molar-refractivity contribution in [2.75, 3.05) is 13.2 Å². The highest BCUT2D eigenvalue weighted by atomic mass is 32.2. The smallest absolute Gasteiger partial charge is 0.438 e. The van der Waals surface area contributed by atoms with Crippen LogP contribution < -0.4 is 24.8 Å². The third-order valence-corrected chi connectivity index (χ3v) is 13.8. The molecule has 1 aromatic heterocycles. The number of fused-ring (bicyclic) bond motifs is 1. The Kier molecular flexibility index (Phi) is 13.6. The quantitative estimate of drug-likeness (QED) is 0.168.